The lowest BCUT2D eigenvalue weighted by atomic mass is 10.8. The van der Waals surface area contributed by atoms with Crippen LogP contribution in [0.15, 0.2) is 17.8 Å². The second-order valence-corrected chi connectivity index (χ2v) is 3.42. The molecular formula is C6H5Cl2N3S. The van der Waals surface area contributed by atoms with Crippen molar-refractivity contribution in [3.8, 4) is 0 Å². The molecule has 1 heterocycles. The Balaban J connectivity index is 2.78. The normalized spacial score (nSPS) is 9.83. The molecule has 0 aromatic carbocycles. The Morgan fingerprint density at radius 1 is 1.25 bits per heavy atom. The highest BCUT2D eigenvalue weighted by Gasteiger charge is 2.01. The number of halogens is 2. The molecule has 3 nitrogen and oxygen atoms in total. The third-order valence-corrected chi connectivity index (χ3v) is 2.07. The van der Waals surface area contributed by atoms with Crippen molar-refractivity contribution in [2.75, 3.05) is 5.75 Å². The molecule has 0 bridgehead atoms. The topological polar surface area (TPSA) is 38.7 Å². The van der Waals surface area contributed by atoms with Crippen LogP contribution in [0.4, 0.5) is 0 Å². The summed E-state index contributed by atoms with van der Waals surface area (Å²) in [5, 5.41) is 0.739. The SMILES string of the molecule is C=CCSc1nc(Cl)nc(Cl)n1. The Bertz CT molecular complexity index is 272. The van der Waals surface area contributed by atoms with Crippen molar-refractivity contribution in [1.29, 1.82) is 0 Å². The van der Waals surface area contributed by atoms with E-state index in [2.05, 4.69) is 21.5 Å². The zero-order valence-corrected chi connectivity index (χ0v) is 8.33. The van der Waals surface area contributed by atoms with Crippen molar-refractivity contribution in [2.24, 2.45) is 0 Å². The minimum absolute atomic E-state index is 0.113. The molecule has 0 radical (unpaired) electrons. The average Bonchev–Trinajstić information content (AvgIpc) is 1.99. The second kappa shape index (κ2) is 4.64. The Hall–Kier alpha value is -0.320. The largest absolute Gasteiger partial charge is 0.227 e. The fourth-order valence-electron chi connectivity index (χ4n) is 0.507. The third-order valence-electron chi connectivity index (χ3n) is 0.891. The lowest BCUT2D eigenvalue weighted by molar-refractivity contribution is 0.905. The Labute approximate surface area is 84.2 Å². The third kappa shape index (κ3) is 2.97. The van der Waals surface area contributed by atoms with E-state index in [0.29, 0.717) is 5.16 Å². The van der Waals surface area contributed by atoms with Crippen LogP contribution in [-0.4, -0.2) is 20.7 Å². The molecule has 12 heavy (non-hydrogen) atoms. The van der Waals surface area contributed by atoms with E-state index in [9.17, 15) is 0 Å². The van der Waals surface area contributed by atoms with Crippen LogP contribution in [0.3, 0.4) is 0 Å². The Kier molecular flexibility index (Phi) is 3.78. The molecule has 1 aromatic heterocycles. The molecule has 0 atom stereocenters. The van der Waals surface area contributed by atoms with Gasteiger partial charge >= 0.3 is 0 Å². The van der Waals surface area contributed by atoms with Crippen molar-refractivity contribution >= 4 is 35.0 Å². The number of hydrogen-bond acceptors (Lipinski definition) is 4. The highest BCUT2D eigenvalue weighted by molar-refractivity contribution is 7.99. The average molecular weight is 222 g/mol. The summed E-state index contributed by atoms with van der Waals surface area (Å²) in [4.78, 5) is 11.3. The summed E-state index contributed by atoms with van der Waals surface area (Å²) >= 11 is 12.5. The molecular weight excluding hydrogens is 217 g/mol. The first-order valence-corrected chi connectivity index (χ1v) is 4.77. The number of aromatic nitrogens is 3. The summed E-state index contributed by atoms with van der Waals surface area (Å²) < 4.78 is 0. The maximum Gasteiger partial charge on any atom is 0.227 e. The van der Waals surface area contributed by atoms with Gasteiger partial charge in [0.15, 0.2) is 5.16 Å². The monoisotopic (exact) mass is 221 g/mol. The standard InChI is InChI=1S/C6H5Cl2N3S/c1-2-3-12-6-10-4(7)9-5(8)11-6/h2H,1,3H2. The summed E-state index contributed by atoms with van der Waals surface area (Å²) in [6, 6.07) is 0. The molecule has 6 heteroatoms. The Morgan fingerprint density at radius 2 is 1.83 bits per heavy atom. The van der Waals surface area contributed by atoms with Gasteiger partial charge in [0.1, 0.15) is 0 Å². The minimum Gasteiger partial charge on any atom is -0.192 e. The molecule has 0 saturated heterocycles. The van der Waals surface area contributed by atoms with Gasteiger partial charge in [0.05, 0.1) is 0 Å². The van der Waals surface area contributed by atoms with Crippen LogP contribution in [0.2, 0.25) is 10.6 Å². The number of thioether (sulfide) groups is 1. The van der Waals surface area contributed by atoms with Gasteiger partial charge in [-0.2, -0.15) is 15.0 Å². The molecule has 64 valence electrons. The van der Waals surface area contributed by atoms with Crippen LogP contribution < -0.4 is 0 Å². The number of nitrogens with zero attached hydrogens (tertiary/aromatic N) is 3. The predicted octanol–water partition coefficient (Wildman–Crippen LogP) is 2.46. The summed E-state index contributed by atoms with van der Waals surface area (Å²) in [5.74, 6) is 0.719. The van der Waals surface area contributed by atoms with E-state index in [-0.39, 0.29) is 10.6 Å². The highest BCUT2D eigenvalue weighted by atomic mass is 35.5. The molecule has 0 aliphatic heterocycles. The zero-order valence-electron chi connectivity index (χ0n) is 6.00. The maximum absolute atomic E-state index is 5.54. The van der Waals surface area contributed by atoms with Gasteiger partial charge in [-0.3, -0.25) is 0 Å². The number of rotatable bonds is 3. The van der Waals surface area contributed by atoms with Crippen LogP contribution in [0.1, 0.15) is 0 Å². The lowest BCUT2D eigenvalue weighted by Crippen LogP contribution is -1.91. The molecule has 0 fully saturated rings. The van der Waals surface area contributed by atoms with Crippen molar-refractivity contribution in [3.63, 3.8) is 0 Å². The quantitative estimate of drug-likeness (QED) is 0.581. The summed E-state index contributed by atoms with van der Waals surface area (Å²) in [6.07, 6.45) is 1.75. The smallest absolute Gasteiger partial charge is 0.192 e. The molecule has 0 aliphatic carbocycles. The summed E-state index contributed by atoms with van der Waals surface area (Å²) in [6.45, 7) is 3.56. The second-order valence-electron chi connectivity index (χ2n) is 1.76. The van der Waals surface area contributed by atoms with E-state index in [1.165, 1.54) is 11.8 Å². The van der Waals surface area contributed by atoms with E-state index in [0.717, 1.165) is 5.75 Å². The van der Waals surface area contributed by atoms with Crippen molar-refractivity contribution in [3.05, 3.63) is 23.2 Å². The van der Waals surface area contributed by atoms with Crippen LogP contribution in [0.5, 0.6) is 0 Å². The molecule has 0 saturated carbocycles. The van der Waals surface area contributed by atoms with E-state index < -0.39 is 0 Å². The van der Waals surface area contributed by atoms with Crippen LogP contribution in [0.25, 0.3) is 0 Å². The minimum atomic E-state index is 0.113. The van der Waals surface area contributed by atoms with Crippen LogP contribution in [0, 0.1) is 0 Å². The molecule has 0 amide bonds. The molecule has 0 unspecified atom stereocenters. The first-order chi connectivity index (χ1) is 5.72. The van der Waals surface area contributed by atoms with Gasteiger partial charge in [-0.05, 0) is 23.2 Å². The fraction of sp³-hybridized carbons (Fsp3) is 0.167. The molecule has 0 spiro atoms. The van der Waals surface area contributed by atoms with Gasteiger partial charge in [0.25, 0.3) is 0 Å². The van der Waals surface area contributed by atoms with Crippen molar-refractivity contribution < 1.29 is 0 Å². The first-order valence-electron chi connectivity index (χ1n) is 3.03. The lowest BCUT2D eigenvalue weighted by Gasteiger charge is -1.96. The first kappa shape index (κ1) is 9.77. The fourth-order valence-corrected chi connectivity index (χ4v) is 1.54. The number of hydrogen-bond donors (Lipinski definition) is 0. The van der Waals surface area contributed by atoms with Gasteiger partial charge in [-0.1, -0.05) is 17.8 Å². The van der Waals surface area contributed by atoms with Gasteiger partial charge in [-0.15, -0.1) is 6.58 Å². The van der Waals surface area contributed by atoms with Gasteiger partial charge in [-0.25, -0.2) is 0 Å². The summed E-state index contributed by atoms with van der Waals surface area (Å²) in [7, 11) is 0. The van der Waals surface area contributed by atoms with Gasteiger partial charge in [0, 0.05) is 5.75 Å². The molecule has 1 rings (SSSR count). The highest BCUT2D eigenvalue weighted by Crippen LogP contribution is 2.16. The molecule has 0 N–H and O–H groups in total. The van der Waals surface area contributed by atoms with E-state index in [4.69, 9.17) is 23.2 Å². The maximum atomic E-state index is 5.54. The van der Waals surface area contributed by atoms with Crippen molar-refractivity contribution in [1.82, 2.24) is 15.0 Å². The molecule has 0 aliphatic rings. The molecule has 1 aromatic rings. The Morgan fingerprint density at radius 3 is 2.33 bits per heavy atom. The van der Waals surface area contributed by atoms with E-state index >= 15 is 0 Å². The zero-order chi connectivity index (χ0) is 8.97. The van der Waals surface area contributed by atoms with Crippen LogP contribution in [-0.2, 0) is 0 Å². The predicted molar refractivity (Wildman–Crippen MR) is 50.8 cm³/mol. The summed E-state index contributed by atoms with van der Waals surface area (Å²) in [5.41, 5.74) is 0. The van der Waals surface area contributed by atoms with Crippen molar-refractivity contribution in [2.45, 2.75) is 5.16 Å². The van der Waals surface area contributed by atoms with Gasteiger partial charge < -0.3 is 0 Å². The van der Waals surface area contributed by atoms with E-state index in [1.807, 2.05) is 0 Å². The van der Waals surface area contributed by atoms with E-state index in [1.54, 1.807) is 6.08 Å². The van der Waals surface area contributed by atoms with Gasteiger partial charge in [0.2, 0.25) is 10.6 Å². The van der Waals surface area contributed by atoms with Crippen LogP contribution >= 0.6 is 35.0 Å².